The van der Waals surface area contributed by atoms with Gasteiger partial charge in [-0.2, -0.15) is 0 Å². The standard InChI is InChI=1S/C15H14BrNO4S/c16-13-5-3-11(21-13)4-6-15(19)20-10-14(18)17-8-7-12-2-1-9-22-12/h1-6,9H,7-8,10H2,(H,17,18)/b6-4+. The Morgan fingerprint density at radius 1 is 1.36 bits per heavy atom. The number of rotatable bonds is 7. The molecule has 116 valence electrons. The maximum Gasteiger partial charge on any atom is 0.331 e. The van der Waals surface area contributed by atoms with Crippen LogP contribution in [0.1, 0.15) is 10.6 Å². The minimum absolute atomic E-state index is 0.296. The van der Waals surface area contributed by atoms with Gasteiger partial charge >= 0.3 is 5.97 Å². The molecule has 0 radical (unpaired) electrons. The molecule has 0 aliphatic carbocycles. The summed E-state index contributed by atoms with van der Waals surface area (Å²) in [5, 5.41) is 4.68. The molecule has 0 bridgehead atoms. The van der Waals surface area contributed by atoms with Crippen LogP contribution in [0.25, 0.3) is 6.08 Å². The van der Waals surface area contributed by atoms with E-state index in [-0.39, 0.29) is 12.5 Å². The highest BCUT2D eigenvalue weighted by Gasteiger charge is 2.05. The highest BCUT2D eigenvalue weighted by atomic mass is 79.9. The van der Waals surface area contributed by atoms with Gasteiger partial charge in [-0.15, -0.1) is 11.3 Å². The van der Waals surface area contributed by atoms with Gasteiger partial charge in [0.05, 0.1) is 0 Å². The van der Waals surface area contributed by atoms with Crippen LogP contribution in [-0.4, -0.2) is 25.0 Å². The Kier molecular flexibility index (Phi) is 6.42. The van der Waals surface area contributed by atoms with Gasteiger partial charge in [0.15, 0.2) is 11.3 Å². The fraction of sp³-hybridized carbons (Fsp3) is 0.200. The Hall–Kier alpha value is -1.86. The highest BCUT2D eigenvalue weighted by molar-refractivity contribution is 9.10. The first-order chi connectivity index (χ1) is 10.6. The summed E-state index contributed by atoms with van der Waals surface area (Å²) in [7, 11) is 0. The lowest BCUT2D eigenvalue weighted by Crippen LogP contribution is -2.30. The molecule has 0 atom stereocenters. The summed E-state index contributed by atoms with van der Waals surface area (Å²) >= 11 is 4.80. The first kappa shape index (κ1) is 16.5. The smallest absolute Gasteiger partial charge is 0.331 e. The van der Waals surface area contributed by atoms with E-state index in [1.165, 1.54) is 17.0 Å². The molecule has 0 aliphatic heterocycles. The van der Waals surface area contributed by atoms with Gasteiger partial charge in [-0.05, 0) is 52.0 Å². The zero-order valence-electron chi connectivity index (χ0n) is 11.6. The van der Waals surface area contributed by atoms with Crippen molar-refractivity contribution in [2.45, 2.75) is 6.42 Å². The Bertz CT molecular complexity index is 648. The van der Waals surface area contributed by atoms with Crippen molar-refractivity contribution in [3.8, 4) is 0 Å². The van der Waals surface area contributed by atoms with Crippen molar-refractivity contribution in [2.24, 2.45) is 0 Å². The van der Waals surface area contributed by atoms with Gasteiger partial charge in [0.25, 0.3) is 5.91 Å². The van der Waals surface area contributed by atoms with Gasteiger partial charge < -0.3 is 14.5 Å². The van der Waals surface area contributed by atoms with Crippen molar-refractivity contribution >= 4 is 45.2 Å². The Morgan fingerprint density at radius 2 is 2.23 bits per heavy atom. The summed E-state index contributed by atoms with van der Waals surface area (Å²) in [6, 6.07) is 7.39. The number of esters is 1. The lowest BCUT2D eigenvalue weighted by molar-refractivity contribution is -0.143. The molecule has 2 heterocycles. The number of carbonyl (C=O) groups excluding carboxylic acids is 2. The molecule has 0 aromatic carbocycles. The van der Waals surface area contributed by atoms with Crippen molar-refractivity contribution < 1.29 is 18.7 Å². The lowest BCUT2D eigenvalue weighted by atomic mass is 10.3. The van der Waals surface area contributed by atoms with Crippen LogP contribution in [0, 0.1) is 0 Å². The molecular formula is C15H14BrNO4S. The molecule has 0 unspecified atom stereocenters. The fourth-order valence-corrected chi connectivity index (χ4v) is 2.61. The van der Waals surface area contributed by atoms with Gasteiger partial charge in [0.2, 0.25) is 0 Å². The van der Waals surface area contributed by atoms with Crippen molar-refractivity contribution in [1.82, 2.24) is 5.32 Å². The van der Waals surface area contributed by atoms with Crippen LogP contribution in [0.3, 0.4) is 0 Å². The normalized spacial score (nSPS) is 10.8. The van der Waals surface area contributed by atoms with E-state index in [4.69, 9.17) is 9.15 Å². The van der Waals surface area contributed by atoms with Gasteiger partial charge in [-0.25, -0.2) is 4.79 Å². The maximum atomic E-state index is 11.5. The number of thiophene rings is 1. The highest BCUT2D eigenvalue weighted by Crippen LogP contribution is 2.15. The van der Waals surface area contributed by atoms with E-state index in [1.54, 1.807) is 23.5 Å². The molecule has 0 saturated carbocycles. The Labute approximate surface area is 140 Å². The van der Waals surface area contributed by atoms with Crippen molar-refractivity contribution in [3.63, 3.8) is 0 Å². The number of amides is 1. The maximum absolute atomic E-state index is 11.5. The first-order valence-electron chi connectivity index (χ1n) is 6.53. The van der Waals surface area contributed by atoms with Crippen LogP contribution in [-0.2, 0) is 20.7 Å². The van der Waals surface area contributed by atoms with Gasteiger partial charge in [-0.1, -0.05) is 6.07 Å². The van der Waals surface area contributed by atoms with Crippen molar-refractivity contribution in [1.29, 1.82) is 0 Å². The van der Waals surface area contributed by atoms with E-state index >= 15 is 0 Å². The predicted molar refractivity (Wildman–Crippen MR) is 87.4 cm³/mol. The number of nitrogens with one attached hydrogen (secondary N) is 1. The van der Waals surface area contributed by atoms with E-state index in [2.05, 4.69) is 21.2 Å². The van der Waals surface area contributed by atoms with Crippen molar-refractivity contribution in [2.75, 3.05) is 13.2 Å². The third kappa shape index (κ3) is 5.87. The second kappa shape index (κ2) is 8.55. The van der Waals surface area contributed by atoms with Gasteiger partial charge in [0, 0.05) is 17.5 Å². The molecule has 22 heavy (non-hydrogen) atoms. The molecule has 7 heteroatoms. The van der Waals surface area contributed by atoms with Crippen LogP contribution in [0.2, 0.25) is 0 Å². The average molecular weight is 384 g/mol. The quantitative estimate of drug-likeness (QED) is 0.589. The summed E-state index contributed by atoms with van der Waals surface area (Å²) in [5.41, 5.74) is 0. The van der Waals surface area contributed by atoms with Gasteiger partial charge in [0.1, 0.15) is 5.76 Å². The fourth-order valence-electron chi connectivity index (χ4n) is 1.58. The second-order valence-corrected chi connectivity index (χ2v) is 6.08. The average Bonchev–Trinajstić information content (AvgIpc) is 3.14. The predicted octanol–water partition coefficient (Wildman–Crippen LogP) is 3.02. The summed E-state index contributed by atoms with van der Waals surface area (Å²) in [6.45, 7) is 0.225. The molecular weight excluding hydrogens is 370 g/mol. The SMILES string of the molecule is O=C(COC(=O)/C=C/c1ccc(Br)o1)NCCc1cccs1. The third-order valence-electron chi connectivity index (χ3n) is 2.60. The van der Waals surface area contributed by atoms with E-state index in [0.717, 1.165) is 6.42 Å². The number of ether oxygens (including phenoxy) is 1. The minimum atomic E-state index is -0.596. The van der Waals surface area contributed by atoms with Crippen LogP contribution in [0.5, 0.6) is 0 Å². The van der Waals surface area contributed by atoms with Crippen LogP contribution < -0.4 is 5.32 Å². The van der Waals surface area contributed by atoms with E-state index in [1.807, 2.05) is 17.5 Å². The van der Waals surface area contributed by atoms with E-state index < -0.39 is 5.97 Å². The van der Waals surface area contributed by atoms with Crippen LogP contribution in [0.15, 0.2) is 44.8 Å². The first-order valence-corrected chi connectivity index (χ1v) is 8.20. The Balaban J connectivity index is 1.63. The molecule has 1 N–H and O–H groups in total. The monoisotopic (exact) mass is 383 g/mol. The molecule has 0 spiro atoms. The van der Waals surface area contributed by atoms with Crippen LogP contribution in [0.4, 0.5) is 0 Å². The molecule has 5 nitrogen and oxygen atoms in total. The molecule has 1 amide bonds. The summed E-state index contributed by atoms with van der Waals surface area (Å²) < 4.78 is 10.6. The second-order valence-electron chi connectivity index (χ2n) is 4.26. The molecule has 0 fully saturated rings. The number of carbonyl (C=O) groups is 2. The van der Waals surface area contributed by atoms with Crippen LogP contribution >= 0.6 is 27.3 Å². The summed E-state index contributed by atoms with van der Waals surface area (Å²) in [5.74, 6) is -0.399. The number of furan rings is 1. The van der Waals surface area contributed by atoms with E-state index in [0.29, 0.717) is 17.0 Å². The molecule has 0 aliphatic rings. The number of hydrogen-bond donors (Lipinski definition) is 1. The summed E-state index contributed by atoms with van der Waals surface area (Å²) in [6.07, 6.45) is 3.45. The van der Waals surface area contributed by atoms with Crippen molar-refractivity contribution in [3.05, 3.63) is 51.0 Å². The molecule has 2 aromatic heterocycles. The summed E-state index contributed by atoms with van der Waals surface area (Å²) in [4.78, 5) is 24.2. The molecule has 2 aromatic rings. The molecule has 0 saturated heterocycles. The van der Waals surface area contributed by atoms with Gasteiger partial charge in [-0.3, -0.25) is 4.79 Å². The number of halogens is 1. The zero-order chi connectivity index (χ0) is 15.8. The topological polar surface area (TPSA) is 68.5 Å². The number of hydrogen-bond acceptors (Lipinski definition) is 5. The Morgan fingerprint density at radius 3 is 2.91 bits per heavy atom. The largest absolute Gasteiger partial charge is 0.452 e. The molecule has 2 rings (SSSR count). The minimum Gasteiger partial charge on any atom is -0.452 e. The lowest BCUT2D eigenvalue weighted by Gasteiger charge is -2.04. The van der Waals surface area contributed by atoms with E-state index in [9.17, 15) is 9.59 Å². The zero-order valence-corrected chi connectivity index (χ0v) is 14.0. The third-order valence-corrected chi connectivity index (χ3v) is 3.96.